The molecule has 2 aliphatic rings. The maximum absolute atomic E-state index is 12.8. The quantitative estimate of drug-likeness (QED) is 0.637. The molecule has 0 bridgehead atoms. The summed E-state index contributed by atoms with van der Waals surface area (Å²) < 4.78 is 5.16. The summed E-state index contributed by atoms with van der Waals surface area (Å²) in [4.78, 5) is 39.3. The fourth-order valence-corrected chi connectivity index (χ4v) is 3.96. The van der Waals surface area contributed by atoms with Gasteiger partial charge in [-0.25, -0.2) is 0 Å². The number of rotatable bonds is 4. The summed E-state index contributed by atoms with van der Waals surface area (Å²) in [6.45, 7) is 1.99. The molecule has 2 aromatic carbocycles. The molecule has 0 radical (unpaired) electrons. The minimum absolute atomic E-state index is 0.152. The first kappa shape index (κ1) is 18.9. The number of fused-ring (bicyclic) bond motifs is 1. The lowest BCUT2D eigenvalue weighted by molar-refractivity contribution is -0.122. The Hall–Kier alpha value is -3.41. The van der Waals surface area contributed by atoms with E-state index >= 15 is 0 Å². The maximum atomic E-state index is 12.8. The third-order valence-electron chi connectivity index (χ3n) is 5.54. The molecule has 6 heteroatoms. The molecule has 1 aliphatic heterocycles. The van der Waals surface area contributed by atoms with Gasteiger partial charge in [0, 0.05) is 17.3 Å². The molecule has 4 rings (SSSR count). The molecule has 1 heterocycles. The molecule has 148 valence electrons. The number of imide groups is 1. The van der Waals surface area contributed by atoms with Crippen LogP contribution < -0.4 is 15.0 Å². The van der Waals surface area contributed by atoms with E-state index in [1.54, 1.807) is 55.6 Å². The summed E-state index contributed by atoms with van der Waals surface area (Å²) in [6, 6.07) is 13.6. The molecule has 0 unspecified atom stereocenters. The van der Waals surface area contributed by atoms with Crippen LogP contribution in [0.15, 0.2) is 60.2 Å². The Morgan fingerprint density at radius 1 is 1.07 bits per heavy atom. The third kappa shape index (κ3) is 3.53. The molecule has 3 amide bonds. The highest BCUT2D eigenvalue weighted by Crippen LogP contribution is 2.39. The van der Waals surface area contributed by atoms with Gasteiger partial charge in [-0.1, -0.05) is 17.7 Å². The fraction of sp³-hybridized carbons (Fsp3) is 0.261. The van der Waals surface area contributed by atoms with Gasteiger partial charge in [-0.15, -0.1) is 0 Å². The molecule has 2 aromatic rings. The van der Waals surface area contributed by atoms with Crippen molar-refractivity contribution >= 4 is 29.1 Å². The standard InChI is InChI=1S/C23H22N2O4/c1-14-6-11-19-20(12-14)23(28)25(22(19)27)17-9-7-15(8-10-17)21(26)24-16-4-3-5-18(13-16)29-2/h3-10,13,19-20H,11-12H2,1-2H3,(H,24,26)/t19-,20+/m1/s1. The summed E-state index contributed by atoms with van der Waals surface area (Å²) >= 11 is 0. The summed E-state index contributed by atoms with van der Waals surface area (Å²) in [5.74, 6) is -0.489. The Kier molecular flexibility index (Phi) is 4.92. The number of hydrogen-bond donors (Lipinski definition) is 1. The first-order valence-electron chi connectivity index (χ1n) is 9.57. The minimum atomic E-state index is -0.280. The van der Waals surface area contributed by atoms with Crippen molar-refractivity contribution in [1.29, 1.82) is 0 Å². The van der Waals surface area contributed by atoms with Gasteiger partial charge >= 0.3 is 0 Å². The number of nitrogens with one attached hydrogen (secondary N) is 1. The number of carbonyl (C=O) groups is 3. The second-order valence-electron chi connectivity index (χ2n) is 7.45. The monoisotopic (exact) mass is 390 g/mol. The molecule has 0 saturated carbocycles. The van der Waals surface area contributed by atoms with Crippen molar-refractivity contribution in [3.8, 4) is 5.75 Å². The van der Waals surface area contributed by atoms with Gasteiger partial charge in [-0.3, -0.25) is 19.3 Å². The molecule has 0 aromatic heterocycles. The fourth-order valence-electron chi connectivity index (χ4n) is 3.96. The van der Waals surface area contributed by atoms with Crippen LogP contribution >= 0.6 is 0 Å². The van der Waals surface area contributed by atoms with Gasteiger partial charge in [0.25, 0.3) is 5.91 Å². The van der Waals surface area contributed by atoms with E-state index in [0.717, 1.165) is 5.57 Å². The predicted octanol–water partition coefficient (Wildman–Crippen LogP) is 3.79. The van der Waals surface area contributed by atoms with Gasteiger partial charge in [0.05, 0.1) is 24.6 Å². The number of benzene rings is 2. The highest BCUT2D eigenvalue weighted by atomic mass is 16.5. The second kappa shape index (κ2) is 7.54. The largest absolute Gasteiger partial charge is 0.497 e. The van der Waals surface area contributed by atoms with E-state index in [1.165, 1.54) is 4.90 Å². The zero-order valence-electron chi connectivity index (χ0n) is 16.3. The molecule has 1 fully saturated rings. The van der Waals surface area contributed by atoms with Crippen molar-refractivity contribution in [3.05, 3.63) is 65.7 Å². The van der Waals surface area contributed by atoms with Crippen LogP contribution in [0.2, 0.25) is 0 Å². The third-order valence-corrected chi connectivity index (χ3v) is 5.54. The molecule has 6 nitrogen and oxygen atoms in total. The zero-order chi connectivity index (χ0) is 20.5. The molecule has 0 spiro atoms. The van der Waals surface area contributed by atoms with E-state index in [2.05, 4.69) is 5.32 Å². The van der Waals surface area contributed by atoms with Crippen LogP contribution in [0.1, 0.15) is 30.1 Å². The normalized spacial score (nSPS) is 20.9. The number of methoxy groups -OCH3 is 1. The average Bonchev–Trinajstić information content (AvgIpc) is 2.98. The number of amides is 3. The van der Waals surface area contributed by atoms with Crippen molar-refractivity contribution in [2.75, 3.05) is 17.3 Å². The van der Waals surface area contributed by atoms with Gasteiger partial charge in [0.2, 0.25) is 11.8 Å². The Morgan fingerprint density at radius 2 is 1.79 bits per heavy atom. The SMILES string of the molecule is COc1cccc(NC(=O)c2ccc(N3C(=O)[C@H]4CC(C)=CC[C@H]4C3=O)cc2)c1. The van der Waals surface area contributed by atoms with Crippen molar-refractivity contribution in [3.63, 3.8) is 0 Å². The predicted molar refractivity (Wildman–Crippen MR) is 110 cm³/mol. The second-order valence-corrected chi connectivity index (χ2v) is 7.45. The lowest BCUT2D eigenvalue weighted by Crippen LogP contribution is -2.30. The van der Waals surface area contributed by atoms with E-state index < -0.39 is 0 Å². The first-order chi connectivity index (χ1) is 14.0. The maximum Gasteiger partial charge on any atom is 0.255 e. The van der Waals surface area contributed by atoms with Gasteiger partial charge in [-0.2, -0.15) is 0 Å². The van der Waals surface area contributed by atoms with Gasteiger partial charge in [0.15, 0.2) is 0 Å². The molecule has 1 saturated heterocycles. The summed E-state index contributed by atoms with van der Waals surface area (Å²) in [7, 11) is 1.56. The molecular weight excluding hydrogens is 368 g/mol. The molecule has 29 heavy (non-hydrogen) atoms. The minimum Gasteiger partial charge on any atom is -0.497 e. The number of carbonyl (C=O) groups excluding carboxylic acids is 3. The van der Waals surface area contributed by atoms with E-state index in [1.807, 2.05) is 13.0 Å². The summed E-state index contributed by atoms with van der Waals surface area (Å²) in [5.41, 5.74) is 2.71. The Labute approximate surface area is 169 Å². The summed E-state index contributed by atoms with van der Waals surface area (Å²) in [6.07, 6.45) is 3.28. The molecule has 1 aliphatic carbocycles. The van der Waals surface area contributed by atoms with E-state index in [4.69, 9.17) is 4.74 Å². The lowest BCUT2D eigenvalue weighted by atomic mass is 9.82. The zero-order valence-corrected chi connectivity index (χ0v) is 16.3. The van der Waals surface area contributed by atoms with Crippen molar-refractivity contribution in [2.24, 2.45) is 11.8 Å². The topological polar surface area (TPSA) is 75.7 Å². The Morgan fingerprint density at radius 3 is 2.52 bits per heavy atom. The van der Waals surface area contributed by atoms with Gasteiger partial charge in [0.1, 0.15) is 5.75 Å². The van der Waals surface area contributed by atoms with Crippen LogP contribution in [0.5, 0.6) is 5.75 Å². The number of ether oxygens (including phenoxy) is 1. The number of anilines is 2. The van der Waals surface area contributed by atoms with E-state index in [9.17, 15) is 14.4 Å². The van der Waals surface area contributed by atoms with Crippen LogP contribution in [-0.4, -0.2) is 24.8 Å². The van der Waals surface area contributed by atoms with Crippen LogP contribution in [-0.2, 0) is 9.59 Å². The number of allylic oxidation sites excluding steroid dienone is 2. The molecule has 1 N–H and O–H groups in total. The van der Waals surface area contributed by atoms with Crippen molar-refractivity contribution < 1.29 is 19.1 Å². The lowest BCUT2D eigenvalue weighted by Gasteiger charge is -2.18. The van der Waals surface area contributed by atoms with Gasteiger partial charge in [-0.05, 0) is 56.2 Å². The van der Waals surface area contributed by atoms with E-state index in [0.29, 0.717) is 35.5 Å². The Balaban J connectivity index is 1.50. The van der Waals surface area contributed by atoms with Crippen molar-refractivity contribution in [1.82, 2.24) is 0 Å². The van der Waals surface area contributed by atoms with E-state index in [-0.39, 0.29) is 29.6 Å². The van der Waals surface area contributed by atoms with Crippen LogP contribution in [0.25, 0.3) is 0 Å². The summed E-state index contributed by atoms with van der Waals surface area (Å²) in [5, 5.41) is 2.81. The van der Waals surface area contributed by atoms with Crippen molar-refractivity contribution in [2.45, 2.75) is 19.8 Å². The highest BCUT2D eigenvalue weighted by molar-refractivity contribution is 6.22. The Bertz CT molecular complexity index is 1010. The number of hydrogen-bond acceptors (Lipinski definition) is 4. The van der Waals surface area contributed by atoms with Gasteiger partial charge < -0.3 is 10.1 Å². The highest BCUT2D eigenvalue weighted by Gasteiger charge is 2.48. The van der Waals surface area contributed by atoms with Crippen LogP contribution in [0.3, 0.4) is 0 Å². The first-order valence-corrected chi connectivity index (χ1v) is 9.57. The van der Waals surface area contributed by atoms with Crippen LogP contribution in [0.4, 0.5) is 11.4 Å². The number of nitrogens with zero attached hydrogens (tertiary/aromatic N) is 1. The van der Waals surface area contributed by atoms with Crippen LogP contribution in [0, 0.1) is 11.8 Å². The molecule has 2 atom stereocenters. The average molecular weight is 390 g/mol. The molecular formula is C23H22N2O4. The smallest absolute Gasteiger partial charge is 0.255 e.